The molecule has 1 heterocycles. The molecule has 3 unspecified atom stereocenters. The summed E-state index contributed by atoms with van der Waals surface area (Å²) >= 11 is 0. The Kier molecular flexibility index (Phi) is 3.17. The summed E-state index contributed by atoms with van der Waals surface area (Å²) in [5.74, 6) is -1.81. The first kappa shape index (κ1) is 12.1. The summed E-state index contributed by atoms with van der Waals surface area (Å²) in [6, 6.07) is 0. The van der Waals surface area contributed by atoms with Gasteiger partial charge in [-0.2, -0.15) is 0 Å². The zero-order valence-electron chi connectivity index (χ0n) is 9.89. The Morgan fingerprint density at radius 1 is 1.41 bits per heavy atom. The second-order valence-corrected chi connectivity index (χ2v) is 5.08. The molecule has 0 spiro atoms. The Labute approximate surface area is 99.8 Å². The summed E-state index contributed by atoms with van der Waals surface area (Å²) in [6.45, 7) is 2.03. The first-order chi connectivity index (χ1) is 8.00. The van der Waals surface area contributed by atoms with Crippen LogP contribution in [0, 0.1) is 17.8 Å². The molecule has 2 amide bonds. The number of carboxylic acids is 1. The van der Waals surface area contributed by atoms with Crippen LogP contribution in [0.4, 0.5) is 0 Å². The molecule has 2 rings (SSSR count). The Hall–Kier alpha value is -1.39. The van der Waals surface area contributed by atoms with Crippen LogP contribution in [0.5, 0.6) is 0 Å². The van der Waals surface area contributed by atoms with E-state index in [4.69, 9.17) is 5.11 Å². The van der Waals surface area contributed by atoms with Crippen molar-refractivity contribution >= 4 is 17.8 Å². The highest BCUT2D eigenvalue weighted by Crippen LogP contribution is 2.34. The van der Waals surface area contributed by atoms with Gasteiger partial charge >= 0.3 is 5.97 Å². The molecule has 1 saturated carbocycles. The molecule has 1 N–H and O–H groups in total. The van der Waals surface area contributed by atoms with Gasteiger partial charge in [-0.05, 0) is 18.8 Å². The van der Waals surface area contributed by atoms with Crippen molar-refractivity contribution in [3.8, 4) is 0 Å². The molecule has 17 heavy (non-hydrogen) atoms. The SMILES string of the molecule is CC1CC(=O)N(CC2CCCC2C(=O)O)C1=O. The van der Waals surface area contributed by atoms with E-state index >= 15 is 0 Å². The van der Waals surface area contributed by atoms with Crippen LogP contribution in [0.3, 0.4) is 0 Å². The van der Waals surface area contributed by atoms with Crippen molar-refractivity contribution < 1.29 is 19.5 Å². The molecule has 0 aromatic carbocycles. The molecule has 0 radical (unpaired) electrons. The maximum atomic E-state index is 11.7. The number of carbonyl (C=O) groups excluding carboxylic acids is 2. The van der Waals surface area contributed by atoms with E-state index in [0.717, 1.165) is 12.8 Å². The quantitative estimate of drug-likeness (QED) is 0.742. The molecule has 2 aliphatic rings. The lowest BCUT2D eigenvalue weighted by Crippen LogP contribution is -2.37. The summed E-state index contributed by atoms with van der Waals surface area (Å²) in [6.07, 6.45) is 2.59. The Morgan fingerprint density at radius 2 is 2.12 bits per heavy atom. The van der Waals surface area contributed by atoms with Crippen molar-refractivity contribution in [3.63, 3.8) is 0 Å². The predicted molar refractivity (Wildman–Crippen MR) is 59.0 cm³/mol. The van der Waals surface area contributed by atoms with Crippen molar-refractivity contribution in [2.24, 2.45) is 17.8 Å². The van der Waals surface area contributed by atoms with Gasteiger partial charge in [0, 0.05) is 18.9 Å². The number of carboxylic acid groups (broad SMARTS) is 1. The number of likely N-dealkylation sites (tertiary alicyclic amines) is 1. The lowest BCUT2D eigenvalue weighted by Gasteiger charge is -2.22. The van der Waals surface area contributed by atoms with Gasteiger partial charge in [0.25, 0.3) is 0 Å². The summed E-state index contributed by atoms with van der Waals surface area (Å²) < 4.78 is 0. The van der Waals surface area contributed by atoms with E-state index in [0.29, 0.717) is 13.0 Å². The highest BCUT2D eigenvalue weighted by molar-refractivity contribution is 6.03. The summed E-state index contributed by atoms with van der Waals surface area (Å²) in [5.41, 5.74) is 0. The second kappa shape index (κ2) is 4.47. The Balaban J connectivity index is 2.03. The third-order valence-electron chi connectivity index (χ3n) is 3.86. The average Bonchev–Trinajstić information content (AvgIpc) is 2.80. The molecule has 0 bridgehead atoms. The van der Waals surface area contributed by atoms with E-state index in [2.05, 4.69) is 0 Å². The third kappa shape index (κ3) is 2.18. The van der Waals surface area contributed by atoms with Crippen LogP contribution in [0.2, 0.25) is 0 Å². The predicted octanol–water partition coefficient (Wildman–Crippen LogP) is 0.882. The van der Waals surface area contributed by atoms with Crippen molar-refractivity contribution in [3.05, 3.63) is 0 Å². The van der Waals surface area contributed by atoms with Gasteiger partial charge in [-0.25, -0.2) is 0 Å². The first-order valence-electron chi connectivity index (χ1n) is 6.07. The second-order valence-electron chi connectivity index (χ2n) is 5.08. The molecule has 0 aromatic rings. The van der Waals surface area contributed by atoms with Gasteiger partial charge in [0.1, 0.15) is 0 Å². The topological polar surface area (TPSA) is 74.7 Å². The zero-order valence-corrected chi connectivity index (χ0v) is 9.89. The number of imide groups is 1. The normalized spacial score (nSPS) is 33.5. The Morgan fingerprint density at radius 3 is 2.65 bits per heavy atom. The van der Waals surface area contributed by atoms with Gasteiger partial charge in [0.05, 0.1) is 5.92 Å². The number of rotatable bonds is 3. The van der Waals surface area contributed by atoms with Crippen LogP contribution in [-0.2, 0) is 14.4 Å². The van der Waals surface area contributed by atoms with E-state index in [1.165, 1.54) is 4.90 Å². The molecule has 94 valence electrons. The van der Waals surface area contributed by atoms with Crippen LogP contribution in [0.1, 0.15) is 32.6 Å². The van der Waals surface area contributed by atoms with E-state index in [1.54, 1.807) is 6.92 Å². The van der Waals surface area contributed by atoms with Gasteiger partial charge in [-0.15, -0.1) is 0 Å². The lowest BCUT2D eigenvalue weighted by molar-refractivity contribution is -0.146. The molecule has 5 heteroatoms. The van der Waals surface area contributed by atoms with Gasteiger partial charge in [0.2, 0.25) is 11.8 Å². The van der Waals surface area contributed by atoms with Gasteiger partial charge in [-0.3, -0.25) is 19.3 Å². The van der Waals surface area contributed by atoms with Gasteiger partial charge in [-0.1, -0.05) is 13.3 Å². The van der Waals surface area contributed by atoms with Crippen LogP contribution in [0.25, 0.3) is 0 Å². The maximum Gasteiger partial charge on any atom is 0.306 e. The summed E-state index contributed by atoms with van der Waals surface area (Å²) in [7, 11) is 0. The summed E-state index contributed by atoms with van der Waals surface area (Å²) in [4.78, 5) is 35.6. The zero-order chi connectivity index (χ0) is 12.6. The smallest absolute Gasteiger partial charge is 0.306 e. The monoisotopic (exact) mass is 239 g/mol. The molecule has 1 aliphatic heterocycles. The number of nitrogens with zero attached hydrogens (tertiary/aromatic N) is 1. The average molecular weight is 239 g/mol. The van der Waals surface area contributed by atoms with Crippen molar-refractivity contribution in [1.82, 2.24) is 4.90 Å². The minimum atomic E-state index is -0.806. The fraction of sp³-hybridized carbons (Fsp3) is 0.750. The van der Waals surface area contributed by atoms with Crippen LogP contribution >= 0.6 is 0 Å². The van der Waals surface area contributed by atoms with E-state index < -0.39 is 11.9 Å². The fourth-order valence-corrected chi connectivity index (χ4v) is 2.86. The van der Waals surface area contributed by atoms with E-state index in [1.807, 2.05) is 0 Å². The van der Waals surface area contributed by atoms with E-state index in [-0.39, 0.29) is 30.1 Å². The number of carbonyl (C=O) groups is 3. The number of aliphatic carboxylic acids is 1. The maximum absolute atomic E-state index is 11.7. The first-order valence-corrected chi connectivity index (χ1v) is 6.07. The van der Waals surface area contributed by atoms with Crippen LogP contribution < -0.4 is 0 Å². The van der Waals surface area contributed by atoms with Crippen molar-refractivity contribution in [2.45, 2.75) is 32.6 Å². The highest BCUT2D eigenvalue weighted by Gasteiger charge is 2.40. The molecule has 3 atom stereocenters. The minimum Gasteiger partial charge on any atom is -0.481 e. The Bertz CT molecular complexity index is 366. The standard InChI is InChI=1S/C12H17NO4/c1-7-5-10(14)13(11(7)15)6-8-3-2-4-9(8)12(16)17/h7-9H,2-6H2,1H3,(H,16,17). The number of amides is 2. The van der Waals surface area contributed by atoms with Gasteiger partial charge in [0.15, 0.2) is 0 Å². The van der Waals surface area contributed by atoms with Crippen molar-refractivity contribution in [2.75, 3.05) is 6.54 Å². The number of hydrogen-bond acceptors (Lipinski definition) is 3. The fourth-order valence-electron chi connectivity index (χ4n) is 2.86. The van der Waals surface area contributed by atoms with Crippen LogP contribution in [0.15, 0.2) is 0 Å². The van der Waals surface area contributed by atoms with Gasteiger partial charge < -0.3 is 5.11 Å². The molecule has 1 saturated heterocycles. The molecule has 2 fully saturated rings. The van der Waals surface area contributed by atoms with E-state index in [9.17, 15) is 14.4 Å². The van der Waals surface area contributed by atoms with Crippen LogP contribution in [-0.4, -0.2) is 34.3 Å². The third-order valence-corrected chi connectivity index (χ3v) is 3.86. The minimum absolute atomic E-state index is 0.0642. The molecule has 0 aromatic heterocycles. The molecular weight excluding hydrogens is 222 g/mol. The molecular formula is C12H17NO4. The molecule has 1 aliphatic carbocycles. The number of hydrogen-bond donors (Lipinski definition) is 1. The summed E-state index contributed by atoms with van der Waals surface area (Å²) in [5, 5.41) is 9.05. The highest BCUT2D eigenvalue weighted by atomic mass is 16.4. The van der Waals surface area contributed by atoms with Crippen molar-refractivity contribution in [1.29, 1.82) is 0 Å². The lowest BCUT2D eigenvalue weighted by atomic mass is 9.96. The largest absolute Gasteiger partial charge is 0.481 e. The molecule has 5 nitrogen and oxygen atoms in total.